The summed E-state index contributed by atoms with van der Waals surface area (Å²) in [4.78, 5) is 32.2. The van der Waals surface area contributed by atoms with Crippen molar-refractivity contribution in [3.8, 4) is 5.75 Å². The molecule has 0 aromatic carbocycles. The molecule has 2 amide bonds. The van der Waals surface area contributed by atoms with Gasteiger partial charge >= 0.3 is 0 Å². The molecule has 1 aliphatic heterocycles. The lowest BCUT2D eigenvalue weighted by Crippen LogP contribution is -2.26. The molecule has 142 valence electrons. The summed E-state index contributed by atoms with van der Waals surface area (Å²) in [5.41, 5.74) is 0.827. The fourth-order valence-electron chi connectivity index (χ4n) is 2.64. The Kier molecular flexibility index (Phi) is 6.32. The van der Waals surface area contributed by atoms with E-state index in [1.54, 1.807) is 30.6 Å². The van der Waals surface area contributed by atoms with Gasteiger partial charge in [0.1, 0.15) is 29.9 Å². The van der Waals surface area contributed by atoms with Gasteiger partial charge in [0.05, 0.1) is 19.4 Å². The van der Waals surface area contributed by atoms with E-state index in [4.69, 9.17) is 9.47 Å². The van der Waals surface area contributed by atoms with Gasteiger partial charge < -0.3 is 20.1 Å². The van der Waals surface area contributed by atoms with Crippen LogP contribution in [0.5, 0.6) is 5.75 Å². The van der Waals surface area contributed by atoms with Crippen molar-refractivity contribution >= 4 is 23.5 Å². The van der Waals surface area contributed by atoms with Crippen molar-refractivity contribution in [2.75, 3.05) is 23.8 Å². The SMILES string of the molecule is Cc1cccnc1NC(=O)CC(=O)Nc1ccc(OC2CCOCC2)cn1. The minimum absolute atomic E-state index is 0.125. The van der Waals surface area contributed by atoms with Crippen molar-refractivity contribution < 1.29 is 19.1 Å². The number of aromatic nitrogens is 2. The second-order valence-electron chi connectivity index (χ2n) is 6.25. The number of ether oxygens (including phenoxy) is 2. The molecule has 1 aliphatic rings. The van der Waals surface area contributed by atoms with Crippen LogP contribution in [0.4, 0.5) is 11.6 Å². The van der Waals surface area contributed by atoms with Gasteiger partial charge in [-0.05, 0) is 30.7 Å². The first-order chi connectivity index (χ1) is 13.1. The smallest absolute Gasteiger partial charge is 0.234 e. The van der Waals surface area contributed by atoms with Crippen LogP contribution in [0.15, 0.2) is 36.7 Å². The van der Waals surface area contributed by atoms with E-state index in [9.17, 15) is 9.59 Å². The number of aryl methyl sites for hydroxylation is 1. The van der Waals surface area contributed by atoms with E-state index in [1.807, 2.05) is 13.0 Å². The molecule has 27 heavy (non-hydrogen) atoms. The van der Waals surface area contributed by atoms with Crippen LogP contribution in [0.1, 0.15) is 24.8 Å². The molecule has 8 heteroatoms. The number of rotatable bonds is 6. The van der Waals surface area contributed by atoms with Gasteiger partial charge in [0.25, 0.3) is 0 Å². The predicted octanol–water partition coefficient (Wildman–Crippen LogP) is 2.31. The van der Waals surface area contributed by atoms with Gasteiger partial charge in [0.15, 0.2) is 0 Å². The fraction of sp³-hybridized carbons (Fsp3) is 0.368. The van der Waals surface area contributed by atoms with Crippen LogP contribution < -0.4 is 15.4 Å². The van der Waals surface area contributed by atoms with Crippen molar-refractivity contribution in [1.29, 1.82) is 0 Å². The van der Waals surface area contributed by atoms with Gasteiger partial charge in [0.2, 0.25) is 11.8 Å². The minimum Gasteiger partial charge on any atom is -0.489 e. The van der Waals surface area contributed by atoms with E-state index in [1.165, 1.54) is 0 Å². The zero-order chi connectivity index (χ0) is 19.1. The van der Waals surface area contributed by atoms with Gasteiger partial charge in [-0.2, -0.15) is 0 Å². The normalized spacial score (nSPS) is 14.4. The largest absolute Gasteiger partial charge is 0.489 e. The molecule has 0 atom stereocenters. The van der Waals surface area contributed by atoms with E-state index >= 15 is 0 Å². The zero-order valence-electron chi connectivity index (χ0n) is 15.1. The summed E-state index contributed by atoms with van der Waals surface area (Å²) in [5.74, 6) is 0.563. The Morgan fingerprint density at radius 1 is 1.15 bits per heavy atom. The number of nitrogens with one attached hydrogen (secondary N) is 2. The molecular weight excluding hydrogens is 348 g/mol. The molecule has 0 saturated carbocycles. The number of hydrogen-bond acceptors (Lipinski definition) is 6. The lowest BCUT2D eigenvalue weighted by molar-refractivity contribution is -0.123. The Hall–Kier alpha value is -3.00. The molecule has 3 heterocycles. The van der Waals surface area contributed by atoms with Crippen molar-refractivity contribution in [1.82, 2.24) is 9.97 Å². The van der Waals surface area contributed by atoms with Crippen LogP contribution in [0.3, 0.4) is 0 Å². The number of nitrogens with zero attached hydrogens (tertiary/aromatic N) is 2. The van der Waals surface area contributed by atoms with Crippen molar-refractivity contribution in [3.63, 3.8) is 0 Å². The lowest BCUT2D eigenvalue weighted by Gasteiger charge is -2.23. The van der Waals surface area contributed by atoms with Crippen LogP contribution in [0.25, 0.3) is 0 Å². The number of amides is 2. The van der Waals surface area contributed by atoms with Gasteiger partial charge in [-0.1, -0.05) is 6.07 Å². The van der Waals surface area contributed by atoms with Crippen molar-refractivity contribution in [2.24, 2.45) is 0 Å². The summed E-state index contributed by atoms with van der Waals surface area (Å²) in [5, 5.41) is 5.22. The predicted molar refractivity (Wildman–Crippen MR) is 99.6 cm³/mol. The quantitative estimate of drug-likeness (QED) is 0.757. The number of carbonyl (C=O) groups excluding carboxylic acids is 2. The Morgan fingerprint density at radius 2 is 1.93 bits per heavy atom. The average molecular weight is 370 g/mol. The van der Waals surface area contributed by atoms with E-state index in [-0.39, 0.29) is 12.5 Å². The maximum absolute atomic E-state index is 12.0. The molecule has 0 spiro atoms. The van der Waals surface area contributed by atoms with Crippen LogP contribution >= 0.6 is 0 Å². The number of hydrogen-bond donors (Lipinski definition) is 2. The molecule has 0 bridgehead atoms. The monoisotopic (exact) mass is 370 g/mol. The number of pyridine rings is 2. The summed E-state index contributed by atoms with van der Waals surface area (Å²) in [6, 6.07) is 7.00. The molecule has 2 aromatic rings. The second-order valence-corrected chi connectivity index (χ2v) is 6.25. The summed E-state index contributed by atoms with van der Waals surface area (Å²) >= 11 is 0. The Bertz CT molecular complexity index is 789. The maximum atomic E-state index is 12.0. The Labute approximate surface area is 157 Å². The number of anilines is 2. The van der Waals surface area contributed by atoms with E-state index in [0.29, 0.717) is 30.6 Å². The molecular formula is C19H22N4O4. The molecule has 0 radical (unpaired) electrons. The Balaban J connectivity index is 1.47. The summed E-state index contributed by atoms with van der Waals surface area (Å²) < 4.78 is 11.1. The highest BCUT2D eigenvalue weighted by Gasteiger charge is 2.16. The van der Waals surface area contributed by atoms with Crippen molar-refractivity contribution in [3.05, 3.63) is 42.2 Å². The van der Waals surface area contributed by atoms with Crippen LogP contribution in [-0.4, -0.2) is 41.1 Å². The Morgan fingerprint density at radius 3 is 2.63 bits per heavy atom. The van der Waals surface area contributed by atoms with E-state index in [0.717, 1.165) is 18.4 Å². The minimum atomic E-state index is -0.452. The maximum Gasteiger partial charge on any atom is 0.234 e. The highest BCUT2D eigenvalue weighted by Crippen LogP contribution is 2.18. The van der Waals surface area contributed by atoms with Crippen molar-refractivity contribution in [2.45, 2.75) is 32.3 Å². The summed E-state index contributed by atoms with van der Waals surface area (Å²) in [7, 11) is 0. The first-order valence-corrected chi connectivity index (χ1v) is 8.82. The highest BCUT2D eigenvalue weighted by molar-refractivity contribution is 6.07. The molecule has 2 N–H and O–H groups in total. The molecule has 2 aromatic heterocycles. The van der Waals surface area contributed by atoms with Gasteiger partial charge in [-0.25, -0.2) is 9.97 Å². The molecule has 3 rings (SSSR count). The first kappa shape index (κ1) is 18.8. The molecule has 8 nitrogen and oxygen atoms in total. The lowest BCUT2D eigenvalue weighted by atomic mass is 10.1. The summed E-state index contributed by atoms with van der Waals surface area (Å²) in [6.45, 7) is 3.23. The third-order valence-electron chi connectivity index (χ3n) is 4.06. The second kappa shape index (κ2) is 9.09. The number of carbonyl (C=O) groups is 2. The fourth-order valence-corrected chi connectivity index (χ4v) is 2.64. The zero-order valence-corrected chi connectivity index (χ0v) is 15.1. The van der Waals surface area contributed by atoms with Gasteiger partial charge in [-0.3, -0.25) is 9.59 Å². The van der Waals surface area contributed by atoms with Gasteiger partial charge in [-0.15, -0.1) is 0 Å². The average Bonchev–Trinajstić information content (AvgIpc) is 2.66. The highest BCUT2D eigenvalue weighted by atomic mass is 16.5. The molecule has 1 saturated heterocycles. The molecule has 1 fully saturated rings. The summed E-state index contributed by atoms with van der Waals surface area (Å²) in [6.07, 6.45) is 4.64. The van der Waals surface area contributed by atoms with Crippen LogP contribution in [0.2, 0.25) is 0 Å². The third-order valence-corrected chi connectivity index (χ3v) is 4.06. The third kappa shape index (κ3) is 5.75. The molecule has 0 aliphatic carbocycles. The first-order valence-electron chi connectivity index (χ1n) is 8.82. The van der Waals surface area contributed by atoms with Crippen LogP contribution in [-0.2, 0) is 14.3 Å². The van der Waals surface area contributed by atoms with E-state index in [2.05, 4.69) is 20.6 Å². The topological polar surface area (TPSA) is 102 Å². The standard InChI is InChI=1S/C19H22N4O4/c1-13-3-2-8-20-19(13)23-18(25)11-17(24)22-16-5-4-15(12-21-16)27-14-6-9-26-10-7-14/h2-5,8,12,14H,6-7,9-11H2,1H3,(H,20,23,25)(H,21,22,24). The van der Waals surface area contributed by atoms with Crippen LogP contribution in [0, 0.1) is 6.92 Å². The van der Waals surface area contributed by atoms with E-state index < -0.39 is 11.8 Å². The molecule has 0 unspecified atom stereocenters. The van der Waals surface area contributed by atoms with Gasteiger partial charge in [0, 0.05) is 19.0 Å².